The van der Waals surface area contributed by atoms with E-state index in [0.29, 0.717) is 13.2 Å². The van der Waals surface area contributed by atoms with E-state index in [-0.39, 0.29) is 6.10 Å². The van der Waals surface area contributed by atoms with Crippen molar-refractivity contribution >= 4 is 11.5 Å². The molecule has 3 aromatic rings. The SMILES string of the molecule is COCCc1ncc(CN2CCO[C@@H](c3cc(Nc4ccccn4)cc(C)n3)C2)cn1. The van der Waals surface area contributed by atoms with Crippen molar-refractivity contribution in [1.82, 2.24) is 24.8 Å². The van der Waals surface area contributed by atoms with Crippen molar-refractivity contribution in [3.05, 3.63) is 71.7 Å². The maximum Gasteiger partial charge on any atom is 0.130 e. The van der Waals surface area contributed by atoms with E-state index in [1.165, 1.54) is 0 Å². The average Bonchev–Trinajstić information content (AvgIpc) is 2.79. The molecule has 1 fully saturated rings. The van der Waals surface area contributed by atoms with E-state index in [2.05, 4.69) is 25.2 Å². The first kappa shape index (κ1) is 21.3. The Labute approximate surface area is 182 Å². The summed E-state index contributed by atoms with van der Waals surface area (Å²) in [5, 5.41) is 3.35. The Morgan fingerprint density at radius 3 is 2.84 bits per heavy atom. The smallest absolute Gasteiger partial charge is 0.130 e. The Bertz CT molecular complexity index is 968. The van der Waals surface area contributed by atoms with E-state index in [4.69, 9.17) is 14.5 Å². The van der Waals surface area contributed by atoms with Gasteiger partial charge in [-0.3, -0.25) is 9.88 Å². The van der Waals surface area contributed by atoms with Crippen LogP contribution in [0.25, 0.3) is 0 Å². The van der Waals surface area contributed by atoms with Gasteiger partial charge in [-0.2, -0.15) is 0 Å². The number of anilines is 2. The first-order valence-corrected chi connectivity index (χ1v) is 10.5. The van der Waals surface area contributed by atoms with E-state index in [1.54, 1.807) is 13.3 Å². The Kier molecular flexibility index (Phi) is 7.14. The third kappa shape index (κ3) is 6.04. The summed E-state index contributed by atoms with van der Waals surface area (Å²) in [4.78, 5) is 20.3. The molecule has 162 valence electrons. The van der Waals surface area contributed by atoms with Crippen LogP contribution in [-0.4, -0.2) is 58.2 Å². The van der Waals surface area contributed by atoms with Crippen LogP contribution < -0.4 is 5.32 Å². The second-order valence-electron chi connectivity index (χ2n) is 7.61. The Hall–Kier alpha value is -2.94. The van der Waals surface area contributed by atoms with E-state index in [1.807, 2.05) is 49.6 Å². The fraction of sp³-hybridized carbons (Fsp3) is 0.391. The molecule has 1 saturated heterocycles. The van der Waals surface area contributed by atoms with Gasteiger partial charge < -0.3 is 14.8 Å². The second kappa shape index (κ2) is 10.4. The molecule has 0 aromatic carbocycles. The number of morpholine rings is 1. The van der Waals surface area contributed by atoms with Crippen LogP contribution in [0, 0.1) is 6.92 Å². The molecule has 1 atom stereocenters. The highest BCUT2D eigenvalue weighted by Crippen LogP contribution is 2.25. The molecule has 0 saturated carbocycles. The van der Waals surface area contributed by atoms with Crippen molar-refractivity contribution in [2.24, 2.45) is 0 Å². The molecule has 0 radical (unpaired) electrons. The maximum absolute atomic E-state index is 6.06. The summed E-state index contributed by atoms with van der Waals surface area (Å²) in [6, 6.07) is 9.86. The van der Waals surface area contributed by atoms with Crippen molar-refractivity contribution in [3.8, 4) is 0 Å². The minimum absolute atomic E-state index is 0.0835. The molecule has 31 heavy (non-hydrogen) atoms. The summed E-state index contributed by atoms with van der Waals surface area (Å²) in [5.41, 5.74) is 3.92. The zero-order valence-electron chi connectivity index (χ0n) is 18.0. The zero-order valence-corrected chi connectivity index (χ0v) is 18.0. The number of ether oxygens (including phenoxy) is 2. The van der Waals surface area contributed by atoms with Crippen LogP contribution in [0.5, 0.6) is 0 Å². The molecule has 1 N–H and O–H groups in total. The lowest BCUT2D eigenvalue weighted by molar-refractivity contribution is -0.0350. The van der Waals surface area contributed by atoms with Crippen LogP contribution in [0.3, 0.4) is 0 Å². The molecule has 1 aliphatic rings. The number of nitrogens with zero attached hydrogens (tertiary/aromatic N) is 5. The number of methoxy groups -OCH3 is 1. The quantitative estimate of drug-likeness (QED) is 0.595. The van der Waals surface area contributed by atoms with Crippen molar-refractivity contribution in [2.75, 3.05) is 38.7 Å². The van der Waals surface area contributed by atoms with E-state index in [9.17, 15) is 0 Å². The fourth-order valence-electron chi connectivity index (χ4n) is 3.58. The van der Waals surface area contributed by atoms with Crippen LogP contribution in [0.4, 0.5) is 11.5 Å². The van der Waals surface area contributed by atoms with Gasteiger partial charge in [0.05, 0.1) is 18.9 Å². The number of nitrogens with one attached hydrogen (secondary N) is 1. The molecular formula is C23H28N6O2. The third-order valence-electron chi connectivity index (χ3n) is 5.09. The molecule has 0 spiro atoms. The van der Waals surface area contributed by atoms with Crippen LogP contribution in [0.1, 0.15) is 28.9 Å². The minimum atomic E-state index is -0.0835. The van der Waals surface area contributed by atoms with Gasteiger partial charge >= 0.3 is 0 Å². The van der Waals surface area contributed by atoms with Crippen molar-refractivity contribution in [1.29, 1.82) is 0 Å². The van der Waals surface area contributed by atoms with Gasteiger partial charge in [-0.1, -0.05) is 6.07 Å². The summed E-state index contributed by atoms with van der Waals surface area (Å²) in [7, 11) is 1.68. The first-order valence-electron chi connectivity index (χ1n) is 10.5. The summed E-state index contributed by atoms with van der Waals surface area (Å²) >= 11 is 0. The first-order chi connectivity index (χ1) is 15.2. The van der Waals surface area contributed by atoms with Crippen LogP contribution in [0.15, 0.2) is 48.9 Å². The molecule has 0 aliphatic carbocycles. The summed E-state index contributed by atoms with van der Waals surface area (Å²) in [6.45, 7) is 5.71. The summed E-state index contributed by atoms with van der Waals surface area (Å²) in [6.07, 6.45) is 6.22. The summed E-state index contributed by atoms with van der Waals surface area (Å²) in [5.74, 6) is 1.61. The van der Waals surface area contributed by atoms with Gasteiger partial charge in [0.25, 0.3) is 0 Å². The van der Waals surface area contributed by atoms with Gasteiger partial charge in [0.1, 0.15) is 17.7 Å². The van der Waals surface area contributed by atoms with Crippen molar-refractivity contribution < 1.29 is 9.47 Å². The molecule has 0 bridgehead atoms. The Balaban J connectivity index is 1.41. The lowest BCUT2D eigenvalue weighted by Crippen LogP contribution is -2.38. The van der Waals surface area contributed by atoms with Gasteiger partial charge in [-0.25, -0.2) is 15.0 Å². The van der Waals surface area contributed by atoms with Gasteiger partial charge in [0, 0.05) is 68.7 Å². The molecule has 4 rings (SSSR count). The Morgan fingerprint density at radius 2 is 2.06 bits per heavy atom. The minimum Gasteiger partial charge on any atom is -0.384 e. The van der Waals surface area contributed by atoms with Gasteiger partial charge in [-0.15, -0.1) is 0 Å². The molecule has 0 unspecified atom stereocenters. The average molecular weight is 421 g/mol. The highest BCUT2D eigenvalue weighted by Gasteiger charge is 2.24. The standard InChI is InChI=1S/C23H28N6O2/c1-17-11-19(28-23-5-3-4-7-24-23)12-20(27-17)21-16-29(8-10-31-21)15-18-13-25-22(26-14-18)6-9-30-2/h3-5,7,11-14,21H,6,8-10,15-16H2,1-2H3,(H,24,27,28)/t21-/m1/s1. The van der Waals surface area contributed by atoms with E-state index < -0.39 is 0 Å². The monoisotopic (exact) mass is 420 g/mol. The molecular weight excluding hydrogens is 392 g/mol. The number of pyridine rings is 2. The number of hydrogen-bond acceptors (Lipinski definition) is 8. The Morgan fingerprint density at radius 1 is 1.19 bits per heavy atom. The highest BCUT2D eigenvalue weighted by molar-refractivity contribution is 5.56. The number of aryl methyl sites for hydroxylation is 1. The predicted molar refractivity (Wildman–Crippen MR) is 118 cm³/mol. The van der Waals surface area contributed by atoms with Crippen LogP contribution in [-0.2, 0) is 22.4 Å². The fourth-order valence-corrected chi connectivity index (χ4v) is 3.58. The topological polar surface area (TPSA) is 85.3 Å². The van der Waals surface area contributed by atoms with Crippen molar-refractivity contribution in [3.63, 3.8) is 0 Å². The second-order valence-corrected chi connectivity index (χ2v) is 7.61. The highest BCUT2D eigenvalue weighted by atomic mass is 16.5. The number of rotatable bonds is 8. The molecule has 8 heteroatoms. The van der Waals surface area contributed by atoms with Crippen LogP contribution >= 0.6 is 0 Å². The van der Waals surface area contributed by atoms with Crippen LogP contribution in [0.2, 0.25) is 0 Å². The molecule has 1 aliphatic heterocycles. The van der Waals surface area contributed by atoms with E-state index in [0.717, 1.165) is 60.3 Å². The normalized spacial score (nSPS) is 16.9. The maximum atomic E-state index is 6.06. The number of aromatic nitrogens is 4. The third-order valence-corrected chi connectivity index (χ3v) is 5.09. The lowest BCUT2D eigenvalue weighted by atomic mass is 10.1. The van der Waals surface area contributed by atoms with Gasteiger partial charge in [-0.05, 0) is 31.2 Å². The van der Waals surface area contributed by atoms with E-state index >= 15 is 0 Å². The molecule has 8 nitrogen and oxygen atoms in total. The molecule has 3 aromatic heterocycles. The van der Waals surface area contributed by atoms with Crippen molar-refractivity contribution in [2.45, 2.75) is 26.0 Å². The lowest BCUT2D eigenvalue weighted by Gasteiger charge is -2.32. The summed E-state index contributed by atoms with van der Waals surface area (Å²) < 4.78 is 11.1. The molecule has 4 heterocycles. The zero-order chi connectivity index (χ0) is 21.5. The number of hydrogen-bond donors (Lipinski definition) is 1. The molecule has 0 amide bonds. The largest absolute Gasteiger partial charge is 0.384 e. The van der Waals surface area contributed by atoms with Gasteiger partial charge in [0.15, 0.2) is 0 Å². The predicted octanol–water partition coefficient (Wildman–Crippen LogP) is 3.08. The van der Waals surface area contributed by atoms with Gasteiger partial charge in [0.2, 0.25) is 0 Å².